The first-order valence-electron chi connectivity index (χ1n) is 7.47. The van der Waals surface area contributed by atoms with Gasteiger partial charge in [-0.2, -0.15) is 0 Å². The zero-order chi connectivity index (χ0) is 15.9. The van der Waals surface area contributed by atoms with Gasteiger partial charge in [0, 0.05) is 17.8 Å². The quantitative estimate of drug-likeness (QED) is 0.501. The Morgan fingerprint density at radius 3 is 2.22 bits per heavy atom. The zero-order valence-electron chi connectivity index (χ0n) is 12.7. The highest BCUT2D eigenvalue weighted by Crippen LogP contribution is 2.11. The lowest BCUT2D eigenvalue weighted by molar-refractivity contribution is 1.08. The van der Waals surface area contributed by atoms with Crippen LogP contribution in [0.2, 0.25) is 0 Å². The van der Waals surface area contributed by atoms with Crippen LogP contribution in [0, 0.1) is 5.41 Å². The first-order valence-corrected chi connectivity index (χ1v) is 7.47. The van der Waals surface area contributed by atoms with Gasteiger partial charge in [-0.05, 0) is 29.8 Å². The van der Waals surface area contributed by atoms with E-state index in [-0.39, 0.29) is 5.96 Å². The van der Waals surface area contributed by atoms with E-state index in [0.29, 0.717) is 5.82 Å². The van der Waals surface area contributed by atoms with Crippen molar-refractivity contribution in [3.8, 4) is 0 Å². The summed E-state index contributed by atoms with van der Waals surface area (Å²) in [5, 5.41) is 14.0. The number of para-hydroxylation sites is 1. The highest BCUT2D eigenvalue weighted by atomic mass is 15.2. The van der Waals surface area contributed by atoms with Crippen molar-refractivity contribution in [2.75, 3.05) is 10.6 Å². The molecule has 0 aliphatic rings. The van der Waals surface area contributed by atoms with Crippen molar-refractivity contribution < 1.29 is 0 Å². The van der Waals surface area contributed by atoms with Gasteiger partial charge in [0.15, 0.2) is 5.96 Å². The first kappa shape index (κ1) is 14.8. The number of hydrogen-bond acceptors (Lipinski definition) is 2. The number of hydrogen-bond donors (Lipinski definition) is 3. The number of rotatable bonds is 4. The van der Waals surface area contributed by atoms with Gasteiger partial charge in [0.05, 0.1) is 0 Å². The van der Waals surface area contributed by atoms with E-state index in [4.69, 9.17) is 5.41 Å². The summed E-state index contributed by atoms with van der Waals surface area (Å²) in [5.74, 6) is 0.854. The summed E-state index contributed by atoms with van der Waals surface area (Å²) in [6.45, 7) is 0. The fourth-order valence-electron chi connectivity index (χ4n) is 2.28. The van der Waals surface area contributed by atoms with Crippen LogP contribution in [-0.4, -0.2) is 10.9 Å². The molecular formula is C19H18N4. The van der Waals surface area contributed by atoms with Crippen LogP contribution < -0.4 is 10.6 Å². The standard InChI is InChI=1S/C19H18N4/c20-19(22-16-10-5-2-6-11-16)23-18-13-7-12-17(21-18)14-15-8-3-1-4-9-15/h1-13H,14H2,(H3,20,21,22,23). The minimum atomic E-state index is 0.195. The van der Waals surface area contributed by atoms with Crippen molar-refractivity contribution in [3.63, 3.8) is 0 Å². The largest absolute Gasteiger partial charge is 0.326 e. The second-order valence-electron chi connectivity index (χ2n) is 5.17. The molecule has 4 nitrogen and oxygen atoms in total. The minimum absolute atomic E-state index is 0.195. The lowest BCUT2D eigenvalue weighted by atomic mass is 10.1. The molecule has 1 aromatic heterocycles. The van der Waals surface area contributed by atoms with Gasteiger partial charge in [0.1, 0.15) is 5.82 Å². The second-order valence-corrected chi connectivity index (χ2v) is 5.17. The number of aromatic nitrogens is 1. The van der Waals surface area contributed by atoms with Crippen molar-refractivity contribution in [2.24, 2.45) is 0 Å². The fourth-order valence-corrected chi connectivity index (χ4v) is 2.28. The fraction of sp³-hybridized carbons (Fsp3) is 0.0526. The van der Waals surface area contributed by atoms with Gasteiger partial charge >= 0.3 is 0 Å². The van der Waals surface area contributed by atoms with E-state index in [1.807, 2.05) is 66.7 Å². The Morgan fingerprint density at radius 1 is 0.783 bits per heavy atom. The van der Waals surface area contributed by atoms with Gasteiger partial charge in [-0.1, -0.05) is 54.6 Å². The lowest BCUT2D eigenvalue weighted by Gasteiger charge is -2.10. The first-order chi connectivity index (χ1) is 11.3. The van der Waals surface area contributed by atoms with Crippen molar-refractivity contribution in [2.45, 2.75) is 6.42 Å². The zero-order valence-corrected chi connectivity index (χ0v) is 12.7. The maximum atomic E-state index is 7.99. The van der Waals surface area contributed by atoms with Crippen LogP contribution in [0.4, 0.5) is 11.5 Å². The molecule has 0 atom stereocenters. The Bertz CT molecular complexity index is 770. The van der Waals surface area contributed by atoms with Gasteiger partial charge in [0.2, 0.25) is 0 Å². The third kappa shape index (κ3) is 4.41. The monoisotopic (exact) mass is 302 g/mol. The van der Waals surface area contributed by atoms with Crippen LogP contribution in [0.15, 0.2) is 78.9 Å². The summed E-state index contributed by atoms with van der Waals surface area (Å²) in [6.07, 6.45) is 0.774. The molecule has 0 saturated heterocycles. The Hall–Kier alpha value is -3.14. The Labute approximate surface area is 135 Å². The maximum Gasteiger partial charge on any atom is 0.198 e. The topological polar surface area (TPSA) is 60.8 Å². The molecule has 0 bridgehead atoms. The highest BCUT2D eigenvalue weighted by molar-refractivity contribution is 6.00. The van der Waals surface area contributed by atoms with Gasteiger partial charge in [0.25, 0.3) is 0 Å². The van der Waals surface area contributed by atoms with Crippen LogP contribution in [0.3, 0.4) is 0 Å². The second kappa shape index (κ2) is 7.22. The van der Waals surface area contributed by atoms with Crippen molar-refractivity contribution in [3.05, 3.63) is 90.1 Å². The summed E-state index contributed by atoms with van der Waals surface area (Å²) in [5.41, 5.74) is 3.05. The van der Waals surface area contributed by atoms with Crippen molar-refractivity contribution in [1.29, 1.82) is 5.41 Å². The van der Waals surface area contributed by atoms with Gasteiger partial charge in [-0.25, -0.2) is 4.98 Å². The number of nitrogens with one attached hydrogen (secondary N) is 3. The third-order valence-electron chi connectivity index (χ3n) is 3.33. The summed E-state index contributed by atoms with van der Waals surface area (Å²) >= 11 is 0. The molecule has 0 aliphatic heterocycles. The van der Waals surface area contributed by atoms with E-state index in [0.717, 1.165) is 17.8 Å². The number of pyridine rings is 1. The SMILES string of the molecule is N=C(Nc1ccccc1)Nc1cccc(Cc2ccccc2)n1. The van der Waals surface area contributed by atoms with E-state index in [9.17, 15) is 0 Å². The minimum Gasteiger partial charge on any atom is -0.326 e. The van der Waals surface area contributed by atoms with E-state index >= 15 is 0 Å². The molecule has 3 aromatic rings. The predicted octanol–water partition coefficient (Wildman–Crippen LogP) is 4.13. The smallest absolute Gasteiger partial charge is 0.198 e. The molecule has 3 rings (SSSR count). The van der Waals surface area contributed by atoms with E-state index in [1.54, 1.807) is 0 Å². The Kier molecular flexibility index (Phi) is 4.64. The molecule has 0 aliphatic carbocycles. The molecule has 1 heterocycles. The third-order valence-corrected chi connectivity index (χ3v) is 3.33. The summed E-state index contributed by atoms with van der Waals surface area (Å²) in [7, 11) is 0. The van der Waals surface area contributed by atoms with E-state index in [2.05, 4.69) is 27.8 Å². The molecule has 0 unspecified atom stereocenters. The average molecular weight is 302 g/mol. The van der Waals surface area contributed by atoms with Crippen molar-refractivity contribution >= 4 is 17.5 Å². The molecule has 2 aromatic carbocycles. The molecule has 0 spiro atoms. The van der Waals surface area contributed by atoms with Crippen molar-refractivity contribution in [1.82, 2.24) is 4.98 Å². The Balaban J connectivity index is 1.64. The van der Waals surface area contributed by atoms with Gasteiger partial charge in [-0.15, -0.1) is 0 Å². The van der Waals surface area contributed by atoms with Crippen LogP contribution in [0.1, 0.15) is 11.3 Å². The Morgan fingerprint density at radius 2 is 1.48 bits per heavy atom. The number of anilines is 2. The van der Waals surface area contributed by atoms with Gasteiger partial charge < -0.3 is 10.6 Å². The van der Waals surface area contributed by atoms with E-state index in [1.165, 1.54) is 5.56 Å². The van der Waals surface area contributed by atoms with E-state index < -0.39 is 0 Å². The highest BCUT2D eigenvalue weighted by Gasteiger charge is 2.02. The predicted molar refractivity (Wildman–Crippen MR) is 94.9 cm³/mol. The molecule has 114 valence electrons. The average Bonchev–Trinajstić information content (AvgIpc) is 2.57. The van der Waals surface area contributed by atoms with Crippen LogP contribution >= 0.6 is 0 Å². The molecular weight excluding hydrogens is 284 g/mol. The molecule has 0 saturated carbocycles. The van der Waals surface area contributed by atoms with Crippen LogP contribution in [-0.2, 0) is 6.42 Å². The molecule has 0 fully saturated rings. The number of nitrogens with zero attached hydrogens (tertiary/aromatic N) is 1. The maximum absolute atomic E-state index is 7.99. The summed E-state index contributed by atoms with van der Waals surface area (Å²) in [4.78, 5) is 4.56. The van der Waals surface area contributed by atoms with Crippen LogP contribution in [0.25, 0.3) is 0 Å². The molecule has 4 heteroatoms. The number of guanidine groups is 1. The summed E-state index contributed by atoms with van der Waals surface area (Å²) < 4.78 is 0. The normalized spacial score (nSPS) is 10.1. The molecule has 0 amide bonds. The molecule has 23 heavy (non-hydrogen) atoms. The number of benzene rings is 2. The molecule has 3 N–H and O–H groups in total. The summed E-state index contributed by atoms with van der Waals surface area (Å²) in [6, 6.07) is 25.6. The lowest BCUT2D eigenvalue weighted by Crippen LogP contribution is -2.21. The van der Waals surface area contributed by atoms with Crippen LogP contribution in [0.5, 0.6) is 0 Å². The van der Waals surface area contributed by atoms with Gasteiger partial charge in [-0.3, -0.25) is 5.41 Å². The molecule has 0 radical (unpaired) electrons.